The number of rotatable bonds is 3. The predicted octanol–water partition coefficient (Wildman–Crippen LogP) is -0.0729. The molecule has 4 heteroatoms. The number of carbonyl (C=O) groups is 1. The maximum Gasteiger partial charge on any atom is 0.370 e. The second-order valence-corrected chi connectivity index (χ2v) is 3.20. The van der Waals surface area contributed by atoms with Gasteiger partial charge in [0.1, 0.15) is 0 Å². The molecule has 1 rings (SSSR count). The summed E-state index contributed by atoms with van der Waals surface area (Å²) in [5.74, 6) is -0.827. The molecule has 0 saturated heterocycles. The van der Waals surface area contributed by atoms with Crippen LogP contribution in [0.5, 0.6) is 0 Å². The van der Waals surface area contributed by atoms with Crippen molar-refractivity contribution in [2.24, 2.45) is 0 Å². The van der Waals surface area contributed by atoms with Crippen molar-refractivity contribution >= 4 is 5.97 Å². The van der Waals surface area contributed by atoms with E-state index in [1.807, 2.05) is 17.0 Å². The summed E-state index contributed by atoms with van der Waals surface area (Å²) in [6, 6.07) is 0.402. The van der Waals surface area contributed by atoms with Crippen LogP contribution in [0, 0.1) is 0 Å². The summed E-state index contributed by atoms with van der Waals surface area (Å²) in [4.78, 5) is 10.4. The zero-order chi connectivity index (χ0) is 9.84. The Balaban J connectivity index is 2.75. The fourth-order valence-corrected chi connectivity index (χ4v) is 1.03. The van der Waals surface area contributed by atoms with Gasteiger partial charge in [0.2, 0.25) is 31.3 Å². The quantitative estimate of drug-likeness (QED) is 0.665. The Bertz CT molecular complexity index is 293. The molecule has 0 fully saturated rings. The highest BCUT2D eigenvalue weighted by Gasteiger charge is 2.11. The second kappa shape index (κ2) is 3.98. The second-order valence-electron chi connectivity index (χ2n) is 3.20. The first kappa shape index (κ1) is 9.64. The lowest BCUT2D eigenvalue weighted by Crippen LogP contribution is -2.44. The Kier molecular flexibility index (Phi) is 2.95. The lowest BCUT2D eigenvalue weighted by Gasteiger charge is -1.97. The Labute approximate surface area is 77.1 Å². The van der Waals surface area contributed by atoms with Gasteiger partial charge < -0.3 is 5.11 Å². The van der Waals surface area contributed by atoms with E-state index in [2.05, 4.69) is 13.8 Å². The molecule has 0 aromatic carbocycles. The molecule has 0 saturated carbocycles. The molecule has 1 aromatic heterocycles. The first-order valence-corrected chi connectivity index (χ1v) is 4.21. The van der Waals surface area contributed by atoms with Gasteiger partial charge in [-0.3, -0.25) is 0 Å². The number of hydrogen-bond donors (Lipinski definition) is 1. The van der Waals surface area contributed by atoms with Gasteiger partial charge in [0.05, 0.1) is 0 Å². The Morgan fingerprint density at radius 3 is 2.23 bits per heavy atom. The summed E-state index contributed by atoms with van der Waals surface area (Å²) in [6.45, 7) is 4.15. The third-order valence-corrected chi connectivity index (χ3v) is 1.77. The molecule has 13 heavy (non-hydrogen) atoms. The van der Waals surface area contributed by atoms with Gasteiger partial charge in [0.15, 0.2) is 6.04 Å². The lowest BCUT2D eigenvalue weighted by atomic mass is 10.4. The van der Waals surface area contributed by atoms with Crippen molar-refractivity contribution in [1.29, 1.82) is 0 Å². The smallest absolute Gasteiger partial charge is 0.370 e. The molecular formula is C9H14N2O2+2. The molecule has 1 N–H and O–H groups in total. The largest absolute Gasteiger partial charge is 0.477 e. The van der Waals surface area contributed by atoms with Crippen LogP contribution >= 0.6 is 0 Å². The molecule has 0 unspecified atom stereocenters. The van der Waals surface area contributed by atoms with Gasteiger partial charge in [-0.1, -0.05) is 0 Å². The maximum atomic E-state index is 10.4. The standard InChI is InChI=1S/C9H13N2O2/c1-8(2)11-5-3-10(4-6-11)7-9(12)13/h3-6,8H,7H2,1-2H3/q+1/p+1. The van der Waals surface area contributed by atoms with E-state index in [0.717, 1.165) is 0 Å². The van der Waals surface area contributed by atoms with Crippen LogP contribution in [-0.4, -0.2) is 11.1 Å². The fraction of sp³-hybridized carbons (Fsp3) is 0.444. The van der Waals surface area contributed by atoms with E-state index in [1.165, 1.54) is 0 Å². The summed E-state index contributed by atoms with van der Waals surface area (Å²) in [5.41, 5.74) is 0. The summed E-state index contributed by atoms with van der Waals surface area (Å²) in [7, 11) is 0. The van der Waals surface area contributed by atoms with Gasteiger partial charge in [-0.05, 0) is 13.8 Å². The minimum absolute atomic E-state index is 0.0128. The molecule has 1 aromatic rings. The fourth-order valence-electron chi connectivity index (χ4n) is 1.03. The molecule has 70 valence electrons. The van der Waals surface area contributed by atoms with Crippen LogP contribution < -0.4 is 9.13 Å². The predicted molar refractivity (Wildman–Crippen MR) is 44.9 cm³/mol. The van der Waals surface area contributed by atoms with Crippen molar-refractivity contribution in [3.8, 4) is 0 Å². The number of carboxylic acids is 1. The van der Waals surface area contributed by atoms with Crippen LogP contribution in [0.3, 0.4) is 0 Å². The molecule has 1 heterocycles. The first-order valence-electron chi connectivity index (χ1n) is 4.21. The van der Waals surface area contributed by atoms with E-state index >= 15 is 0 Å². The molecule has 0 radical (unpaired) electrons. The first-order chi connectivity index (χ1) is 6.09. The molecule has 0 aliphatic rings. The van der Waals surface area contributed by atoms with Crippen molar-refractivity contribution in [2.45, 2.75) is 26.4 Å². The van der Waals surface area contributed by atoms with Crippen LogP contribution in [0.1, 0.15) is 19.9 Å². The normalized spacial score (nSPS) is 10.4. The number of carboxylic acid groups (broad SMARTS) is 1. The Morgan fingerprint density at radius 2 is 1.85 bits per heavy atom. The summed E-state index contributed by atoms with van der Waals surface area (Å²) >= 11 is 0. The highest BCUT2D eigenvalue weighted by Crippen LogP contribution is 1.86. The van der Waals surface area contributed by atoms with Gasteiger partial charge in [-0.2, -0.15) is 9.13 Å². The summed E-state index contributed by atoms with van der Waals surface area (Å²) < 4.78 is 3.64. The Hall–Kier alpha value is -1.45. The lowest BCUT2D eigenvalue weighted by molar-refractivity contribution is -0.756. The molecule has 0 amide bonds. The van der Waals surface area contributed by atoms with Crippen molar-refractivity contribution in [3.63, 3.8) is 0 Å². The number of aromatic nitrogens is 2. The van der Waals surface area contributed by atoms with E-state index in [9.17, 15) is 4.79 Å². The SMILES string of the molecule is CC(C)[n+]1cc[n+](CC(=O)O)cc1. The van der Waals surface area contributed by atoms with Gasteiger partial charge in [0, 0.05) is 0 Å². The highest BCUT2D eigenvalue weighted by molar-refractivity contribution is 5.64. The minimum atomic E-state index is -0.827. The zero-order valence-electron chi connectivity index (χ0n) is 7.84. The molecule has 0 aliphatic carbocycles. The third-order valence-electron chi connectivity index (χ3n) is 1.77. The monoisotopic (exact) mass is 182 g/mol. The summed E-state index contributed by atoms with van der Waals surface area (Å²) in [6.07, 6.45) is 7.25. The average Bonchev–Trinajstić information content (AvgIpc) is 2.04. The van der Waals surface area contributed by atoms with Gasteiger partial charge in [0.25, 0.3) is 0 Å². The molecule has 0 bridgehead atoms. The molecule has 0 atom stereocenters. The minimum Gasteiger partial charge on any atom is -0.477 e. The van der Waals surface area contributed by atoms with Crippen LogP contribution in [0.4, 0.5) is 0 Å². The summed E-state index contributed by atoms with van der Waals surface area (Å²) in [5, 5.41) is 8.52. The molecule has 4 nitrogen and oxygen atoms in total. The van der Waals surface area contributed by atoms with E-state index in [-0.39, 0.29) is 6.54 Å². The number of aliphatic carboxylic acids is 1. The highest BCUT2D eigenvalue weighted by atomic mass is 16.4. The topological polar surface area (TPSA) is 45.1 Å². The van der Waals surface area contributed by atoms with Crippen LogP contribution in [0.25, 0.3) is 0 Å². The van der Waals surface area contributed by atoms with E-state index < -0.39 is 5.97 Å². The van der Waals surface area contributed by atoms with Crippen molar-refractivity contribution in [2.75, 3.05) is 0 Å². The van der Waals surface area contributed by atoms with E-state index in [0.29, 0.717) is 6.04 Å². The van der Waals surface area contributed by atoms with Gasteiger partial charge >= 0.3 is 5.97 Å². The van der Waals surface area contributed by atoms with Crippen LogP contribution in [0.2, 0.25) is 0 Å². The van der Waals surface area contributed by atoms with Gasteiger partial charge in [-0.15, -0.1) is 0 Å². The van der Waals surface area contributed by atoms with Crippen molar-refractivity contribution < 1.29 is 19.0 Å². The zero-order valence-corrected chi connectivity index (χ0v) is 7.84. The third kappa shape index (κ3) is 2.82. The molecule has 0 spiro atoms. The van der Waals surface area contributed by atoms with E-state index in [1.54, 1.807) is 17.0 Å². The Morgan fingerprint density at radius 1 is 1.31 bits per heavy atom. The van der Waals surface area contributed by atoms with Crippen LogP contribution in [0.15, 0.2) is 24.8 Å². The molecular weight excluding hydrogens is 168 g/mol. The average molecular weight is 182 g/mol. The number of hydrogen-bond acceptors (Lipinski definition) is 1. The van der Waals surface area contributed by atoms with Gasteiger partial charge in [-0.25, -0.2) is 4.79 Å². The van der Waals surface area contributed by atoms with Crippen molar-refractivity contribution in [1.82, 2.24) is 0 Å². The maximum absolute atomic E-state index is 10.4. The van der Waals surface area contributed by atoms with Crippen molar-refractivity contribution in [3.05, 3.63) is 24.8 Å². The van der Waals surface area contributed by atoms with E-state index in [4.69, 9.17) is 5.11 Å². The van der Waals surface area contributed by atoms with Crippen LogP contribution in [-0.2, 0) is 11.3 Å². The molecule has 0 aliphatic heterocycles. The number of nitrogens with zero attached hydrogens (tertiary/aromatic N) is 2.